The fraction of sp³-hybridized carbons (Fsp3) is 0.412. The third-order valence-corrected chi connectivity index (χ3v) is 4.63. The van der Waals surface area contributed by atoms with Crippen LogP contribution in [-0.2, 0) is 9.59 Å². The molecule has 1 aliphatic rings. The van der Waals surface area contributed by atoms with Crippen molar-refractivity contribution in [2.45, 2.75) is 24.0 Å². The first kappa shape index (κ1) is 18.2. The molecule has 138 valence electrons. The monoisotopic (exact) mass is 376 g/mol. The Kier molecular flexibility index (Phi) is 5.77. The van der Waals surface area contributed by atoms with Crippen LogP contribution in [0.25, 0.3) is 0 Å². The summed E-state index contributed by atoms with van der Waals surface area (Å²) in [7, 11) is 3.14. The quantitative estimate of drug-likeness (QED) is 0.705. The van der Waals surface area contributed by atoms with Gasteiger partial charge < -0.3 is 19.4 Å². The minimum atomic E-state index is -0.284. The van der Waals surface area contributed by atoms with Crippen molar-refractivity contribution in [3.8, 4) is 5.75 Å². The summed E-state index contributed by atoms with van der Waals surface area (Å²) in [6, 6.07) is 7.03. The number of carbonyl (C=O) groups is 2. The van der Waals surface area contributed by atoms with Crippen molar-refractivity contribution >= 4 is 29.3 Å². The molecule has 1 aromatic carbocycles. The number of carbonyl (C=O) groups excluding carboxylic acids is 2. The van der Waals surface area contributed by atoms with E-state index < -0.39 is 0 Å². The summed E-state index contributed by atoms with van der Waals surface area (Å²) < 4.78 is 10.6. The van der Waals surface area contributed by atoms with E-state index in [0.717, 1.165) is 12.8 Å². The molecule has 0 saturated heterocycles. The predicted molar refractivity (Wildman–Crippen MR) is 96.3 cm³/mol. The number of benzene rings is 1. The van der Waals surface area contributed by atoms with Crippen LogP contribution in [0.1, 0.15) is 24.7 Å². The van der Waals surface area contributed by atoms with Gasteiger partial charge in [-0.15, -0.1) is 10.2 Å². The average molecular weight is 376 g/mol. The molecule has 1 heterocycles. The summed E-state index contributed by atoms with van der Waals surface area (Å²) in [5.74, 6) is 1.33. The van der Waals surface area contributed by atoms with Crippen molar-refractivity contribution in [3.63, 3.8) is 0 Å². The lowest BCUT2D eigenvalue weighted by atomic mass is 10.3. The molecule has 1 saturated carbocycles. The number of nitrogens with zero attached hydrogens (tertiary/aromatic N) is 3. The standard InChI is InChI=1S/C17H20N4O4S/c1-21(9-14(22)18-12-4-3-5-13(8-12)24-2)15(23)10-26-17-20-19-16(25-17)11-6-7-11/h3-5,8,11H,6-7,9-10H2,1-2H3,(H,18,22). The fourth-order valence-electron chi connectivity index (χ4n) is 2.21. The largest absolute Gasteiger partial charge is 0.497 e. The van der Waals surface area contributed by atoms with Gasteiger partial charge in [0.15, 0.2) is 0 Å². The molecule has 0 aliphatic heterocycles. The highest BCUT2D eigenvalue weighted by atomic mass is 32.2. The number of amides is 2. The topological polar surface area (TPSA) is 97.6 Å². The molecule has 0 atom stereocenters. The zero-order valence-corrected chi connectivity index (χ0v) is 15.4. The number of thioether (sulfide) groups is 1. The Morgan fingerprint density at radius 3 is 2.92 bits per heavy atom. The van der Waals surface area contributed by atoms with Gasteiger partial charge in [0.25, 0.3) is 5.22 Å². The highest BCUT2D eigenvalue weighted by Gasteiger charge is 2.29. The van der Waals surface area contributed by atoms with E-state index in [4.69, 9.17) is 9.15 Å². The molecule has 3 rings (SSSR count). The zero-order valence-electron chi connectivity index (χ0n) is 14.6. The Bertz CT molecular complexity index is 791. The zero-order chi connectivity index (χ0) is 18.5. The van der Waals surface area contributed by atoms with E-state index in [1.807, 2.05) is 0 Å². The molecule has 1 aliphatic carbocycles. The first-order chi connectivity index (χ1) is 12.5. The number of likely N-dealkylation sites (N-methyl/N-ethyl adjacent to an activating group) is 1. The van der Waals surface area contributed by atoms with Crippen LogP contribution < -0.4 is 10.1 Å². The van der Waals surface area contributed by atoms with Gasteiger partial charge in [-0.1, -0.05) is 17.8 Å². The van der Waals surface area contributed by atoms with Gasteiger partial charge >= 0.3 is 0 Å². The minimum Gasteiger partial charge on any atom is -0.497 e. The third-order valence-electron chi connectivity index (χ3n) is 3.83. The molecule has 2 amide bonds. The highest BCUT2D eigenvalue weighted by Crippen LogP contribution is 2.39. The molecule has 1 fully saturated rings. The predicted octanol–water partition coefficient (Wildman–Crippen LogP) is 2.14. The molecule has 0 unspecified atom stereocenters. The van der Waals surface area contributed by atoms with E-state index in [1.165, 1.54) is 16.7 Å². The SMILES string of the molecule is COc1cccc(NC(=O)CN(C)C(=O)CSc2nnc(C3CC3)o2)c1. The number of rotatable bonds is 8. The molecule has 0 bridgehead atoms. The van der Waals surface area contributed by atoms with Gasteiger partial charge in [0.05, 0.1) is 19.4 Å². The molecule has 26 heavy (non-hydrogen) atoms. The van der Waals surface area contributed by atoms with E-state index in [0.29, 0.717) is 28.5 Å². The molecule has 0 radical (unpaired) electrons. The Balaban J connectivity index is 1.44. The molecule has 8 nitrogen and oxygen atoms in total. The summed E-state index contributed by atoms with van der Waals surface area (Å²) in [6.45, 7) is -0.0479. The van der Waals surface area contributed by atoms with Crippen LogP contribution in [0.3, 0.4) is 0 Å². The van der Waals surface area contributed by atoms with Gasteiger partial charge in [0, 0.05) is 24.7 Å². The summed E-state index contributed by atoms with van der Waals surface area (Å²) in [5, 5.41) is 11.0. The minimum absolute atomic E-state index is 0.0479. The summed E-state index contributed by atoms with van der Waals surface area (Å²) >= 11 is 1.18. The third kappa shape index (κ3) is 4.98. The van der Waals surface area contributed by atoms with Gasteiger partial charge in [-0.3, -0.25) is 9.59 Å². The van der Waals surface area contributed by atoms with Crippen LogP contribution >= 0.6 is 11.8 Å². The van der Waals surface area contributed by atoms with Crippen LogP contribution in [0, 0.1) is 0 Å². The molecule has 1 aromatic heterocycles. The van der Waals surface area contributed by atoms with Crippen molar-refractivity contribution in [1.29, 1.82) is 0 Å². The van der Waals surface area contributed by atoms with Gasteiger partial charge in [-0.25, -0.2) is 0 Å². The van der Waals surface area contributed by atoms with Crippen molar-refractivity contribution in [2.75, 3.05) is 31.8 Å². The van der Waals surface area contributed by atoms with Crippen LogP contribution in [0.5, 0.6) is 5.75 Å². The number of methoxy groups -OCH3 is 1. The Labute approximate surface area is 155 Å². The number of ether oxygens (including phenoxy) is 1. The second kappa shape index (κ2) is 8.22. The smallest absolute Gasteiger partial charge is 0.277 e. The number of hydrogen-bond acceptors (Lipinski definition) is 7. The van der Waals surface area contributed by atoms with Crippen LogP contribution in [0.4, 0.5) is 5.69 Å². The van der Waals surface area contributed by atoms with E-state index in [-0.39, 0.29) is 24.1 Å². The lowest BCUT2D eigenvalue weighted by Crippen LogP contribution is -2.35. The van der Waals surface area contributed by atoms with Gasteiger partial charge in [-0.05, 0) is 25.0 Å². The second-order valence-electron chi connectivity index (χ2n) is 6.00. The number of nitrogens with one attached hydrogen (secondary N) is 1. The second-order valence-corrected chi connectivity index (χ2v) is 6.93. The maximum absolute atomic E-state index is 12.2. The molecule has 1 N–H and O–H groups in total. The Morgan fingerprint density at radius 2 is 2.19 bits per heavy atom. The van der Waals surface area contributed by atoms with E-state index in [9.17, 15) is 9.59 Å². The van der Waals surface area contributed by atoms with Crippen LogP contribution in [0.2, 0.25) is 0 Å². The maximum Gasteiger partial charge on any atom is 0.277 e. The van der Waals surface area contributed by atoms with E-state index >= 15 is 0 Å². The summed E-state index contributed by atoms with van der Waals surface area (Å²) in [6.07, 6.45) is 2.16. The van der Waals surface area contributed by atoms with E-state index in [2.05, 4.69) is 15.5 Å². The number of hydrogen-bond donors (Lipinski definition) is 1. The number of anilines is 1. The molecular weight excluding hydrogens is 356 g/mol. The molecular formula is C17H20N4O4S. The average Bonchev–Trinajstić information content (AvgIpc) is 3.38. The van der Waals surface area contributed by atoms with Crippen LogP contribution in [0.15, 0.2) is 33.9 Å². The lowest BCUT2D eigenvalue weighted by Gasteiger charge is -2.16. The number of aromatic nitrogens is 2. The van der Waals surface area contributed by atoms with E-state index in [1.54, 1.807) is 38.4 Å². The maximum atomic E-state index is 12.2. The van der Waals surface area contributed by atoms with Crippen molar-refractivity contribution in [2.24, 2.45) is 0 Å². The molecule has 2 aromatic rings. The van der Waals surface area contributed by atoms with Crippen molar-refractivity contribution < 1.29 is 18.7 Å². The first-order valence-corrected chi connectivity index (χ1v) is 9.18. The Morgan fingerprint density at radius 1 is 1.38 bits per heavy atom. The first-order valence-electron chi connectivity index (χ1n) is 8.19. The van der Waals surface area contributed by atoms with Crippen LogP contribution in [-0.4, -0.2) is 53.4 Å². The molecule has 9 heteroatoms. The highest BCUT2D eigenvalue weighted by molar-refractivity contribution is 7.99. The van der Waals surface area contributed by atoms with Crippen molar-refractivity contribution in [3.05, 3.63) is 30.2 Å². The summed E-state index contributed by atoms with van der Waals surface area (Å²) in [4.78, 5) is 25.6. The van der Waals surface area contributed by atoms with Crippen molar-refractivity contribution in [1.82, 2.24) is 15.1 Å². The fourth-order valence-corrected chi connectivity index (χ4v) is 2.92. The Hall–Kier alpha value is -2.55. The lowest BCUT2D eigenvalue weighted by molar-refractivity contribution is -0.131. The van der Waals surface area contributed by atoms with Gasteiger partial charge in [-0.2, -0.15) is 0 Å². The normalized spacial score (nSPS) is 13.3. The molecule has 0 spiro atoms. The summed E-state index contributed by atoms with van der Waals surface area (Å²) in [5.41, 5.74) is 0.614. The van der Waals surface area contributed by atoms with Gasteiger partial charge in [0.2, 0.25) is 17.7 Å². The van der Waals surface area contributed by atoms with Gasteiger partial charge in [0.1, 0.15) is 5.75 Å².